The summed E-state index contributed by atoms with van der Waals surface area (Å²) in [5, 5.41) is 5.38. The van der Waals surface area contributed by atoms with Gasteiger partial charge in [-0.25, -0.2) is 0 Å². The monoisotopic (exact) mass is 402 g/mol. The van der Waals surface area contributed by atoms with Crippen molar-refractivity contribution in [3.63, 3.8) is 0 Å². The third kappa shape index (κ3) is 5.06. The second kappa shape index (κ2) is 9.94. The maximum absolute atomic E-state index is 12.2. The van der Waals surface area contributed by atoms with Crippen LogP contribution in [0.15, 0.2) is 41.8 Å². The SMILES string of the molecule is CCCC(=O)N[C@@H](C)[C@H](c1cccs1)[NH+]1CCN(c2ccc(OC)cc2)CC1. The maximum atomic E-state index is 12.2. The summed E-state index contributed by atoms with van der Waals surface area (Å²) in [4.78, 5) is 17.5. The van der Waals surface area contributed by atoms with E-state index in [1.54, 1.807) is 23.3 Å². The van der Waals surface area contributed by atoms with Crippen molar-refractivity contribution < 1.29 is 14.4 Å². The largest absolute Gasteiger partial charge is 0.497 e. The Morgan fingerprint density at radius 1 is 1.25 bits per heavy atom. The third-order valence-electron chi connectivity index (χ3n) is 5.50. The summed E-state index contributed by atoms with van der Waals surface area (Å²) in [5.41, 5.74) is 1.25. The first-order valence-electron chi connectivity index (χ1n) is 10.2. The summed E-state index contributed by atoms with van der Waals surface area (Å²) in [6.45, 7) is 8.34. The normalized spacial score (nSPS) is 17.2. The highest BCUT2D eigenvalue weighted by atomic mass is 32.1. The second-order valence-electron chi connectivity index (χ2n) is 7.44. The number of thiophene rings is 1. The molecule has 0 saturated carbocycles. The zero-order valence-corrected chi connectivity index (χ0v) is 17.9. The van der Waals surface area contributed by atoms with Gasteiger partial charge < -0.3 is 19.9 Å². The number of hydrogen-bond donors (Lipinski definition) is 2. The van der Waals surface area contributed by atoms with Gasteiger partial charge in [0.25, 0.3) is 0 Å². The molecular weight excluding hydrogens is 370 g/mol. The van der Waals surface area contributed by atoms with Crippen LogP contribution in [0.25, 0.3) is 0 Å². The van der Waals surface area contributed by atoms with Gasteiger partial charge in [0.15, 0.2) is 0 Å². The number of benzene rings is 1. The predicted octanol–water partition coefficient (Wildman–Crippen LogP) is 2.51. The van der Waals surface area contributed by atoms with Crippen LogP contribution in [-0.2, 0) is 4.79 Å². The van der Waals surface area contributed by atoms with Crippen LogP contribution in [0.3, 0.4) is 0 Å². The Kier molecular flexibility index (Phi) is 7.34. The van der Waals surface area contributed by atoms with E-state index < -0.39 is 0 Å². The highest BCUT2D eigenvalue weighted by molar-refractivity contribution is 7.10. The Morgan fingerprint density at radius 3 is 2.54 bits per heavy atom. The van der Waals surface area contributed by atoms with Crippen LogP contribution in [-0.4, -0.2) is 45.2 Å². The number of anilines is 1. The fourth-order valence-corrected chi connectivity index (χ4v) is 5.05. The van der Waals surface area contributed by atoms with Crippen LogP contribution < -0.4 is 19.9 Å². The number of rotatable bonds is 8. The second-order valence-corrected chi connectivity index (χ2v) is 8.42. The number of nitrogens with zero attached hydrogens (tertiary/aromatic N) is 1. The first-order chi connectivity index (χ1) is 13.6. The Labute approximate surface area is 172 Å². The molecule has 0 spiro atoms. The molecule has 1 fully saturated rings. The number of piperazine rings is 1. The van der Waals surface area contributed by atoms with E-state index in [0.29, 0.717) is 12.5 Å². The molecule has 6 heteroatoms. The molecule has 2 atom stereocenters. The number of nitrogens with one attached hydrogen (secondary N) is 2. The topological polar surface area (TPSA) is 46.0 Å². The highest BCUT2D eigenvalue weighted by Gasteiger charge is 2.34. The molecule has 0 radical (unpaired) electrons. The van der Waals surface area contributed by atoms with Crippen LogP contribution in [0.5, 0.6) is 5.75 Å². The number of amides is 1. The van der Waals surface area contributed by atoms with Crippen LogP contribution in [0, 0.1) is 0 Å². The quantitative estimate of drug-likeness (QED) is 0.713. The fraction of sp³-hybridized carbons (Fsp3) is 0.500. The number of quaternary nitrogens is 1. The average Bonchev–Trinajstić information content (AvgIpc) is 3.23. The Morgan fingerprint density at radius 2 is 1.96 bits per heavy atom. The molecule has 2 heterocycles. The van der Waals surface area contributed by atoms with Gasteiger partial charge in [-0.05, 0) is 49.1 Å². The number of ether oxygens (including phenoxy) is 1. The molecule has 2 N–H and O–H groups in total. The van der Waals surface area contributed by atoms with E-state index >= 15 is 0 Å². The third-order valence-corrected chi connectivity index (χ3v) is 6.45. The first-order valence-corrected chi connectivity index (χ1v) is 11.1. The number of methoxy groups -OCH3 is 1. The Bertz CT molecular complexity index is 725. The molecule has 0 aliphatic carbocycles. The van der Waals surface area contributed by atoms with Crippen LogP contribution in [0.1, 0.15) is 37.6 Å². The lowest BCUT2D eigenvalue weighted by molar-refractivity contribution is -0.933. The Hall–Kier alpha value is -2.05. The fourth-order valence-electron chi connectivity index (χ4n) is 4.06. The lowest BCUT2D eigenvalue weighted by Crippen LogP contribution is -3.16. The first kappa shape index (κ1) is 20.7. The molecule has 1 aliphatic heterocycles. The van der Waals surface area contributed by atoms with Gasteiger partial charge in [-0.3, -0.25) is 4.79 Å². The number of carbonyl (C=O) groups excluding carboxylic acids is 1. The van der Waals surface area contributed by atoms with Crippen LogP contribution >= 0.6 is 11.3 Å². The van der Waals surface area contributed by atoms with E-state index in [1.807, 2.05) is 19.1 Å². The van der Waals surface area contributed by atoms with Crippen molar-refractivity contribution >= 4 is 22.9 Å². The lowest BCUT2D eigenvalue weighted by atomic mass is 10.0. The van der Waals surface area contributed by atoms with Gasteiger partial charge in [0.1, 0.15) is 11.8 Å². The van der Waals surface area contributed by atoms with Crippen molar-refractivity contribution in [3.05, 3.63) is 46.7 Å². The van der Waals surface area contributed by atoms with Crippen LogP contribution in [0.4, 0.5) is 5.69 Å². The number of hydrogen-bond acceptors (Lipinski definition) is 4. The van der Waals surface area contributed by atoms with Crippen molar-refractivity contribution in [1.82, 2.24) is 5.32 Å². The zero-order chi connectivity index (χ0) is 19.9. The van der Waals surface area contributed by atoms with Crippen molar-refractivity contribution in [3.8, 4) is 5.75 Å². The summed E-state index contributed by atoms with van der Waals surface area (Å²) >= 11 is 1.80. The molecule has 1 aromatic heterocycles. The van der Waals surface area contributed by atoms with E-state index in [-0.39, 0.29) is 11.9 Å². The molecule has 0 unspecified atom stereocenters. The average molecular weight is 403 g/mol. The van der Waals surface area contributed by atoms with Gasteiger partial charge in [-0.15, -0.1) is 11.3 Å². The predicted molar refractivity (Wildman–Crippen MR) is 115 cm³/mol. The zero-order valence-electron chi connectivity index (χ0n) is 17.1. The minimum absolute atomic E-state index is 0.125. The minimum Gasteiger partial charge on any atom is -0.497 e. The van der Waals surface area contributed by atoms with Gasteiger partial charge in [-0.2, -0.15) is 0 Å². The Balaban J connectivity index is 1.66. The molecule has 1 amide bonds. The van der Waals surface area contributed by atoms with E-state index in [9.17, 15) is 4.79 Å². The molecule has 5 nitrogen and oxygen atoms in total. The van der Waals surface area contributed by atoms with Gasteiger partial charge in [0.05, 0.1) is 44.2 Å². The molecule has 1 aliphatic rings. The molecule has 152 valence electrons. The molecular formula is C22H32N3O2S+. The molecule has 0 bridgehead atoms. The standard InChI is InChI=1S/C22H31N3O2S/c1-4-6-21(26)23-17(2)22(20-7-5-16-28-20)25-14-12-24(13-15-25)18-8-10-19(27-3)11-9-18/h5,7-11,16-17,22H,4,6,12-15H2,1-3H3,(H,23,26)/p+1/t17-,22+/m0/s1. The molecule has 1 aromatic carbocycles. The van der Waals surface area contributed by atoms with Crippen molar-refractivity contribution in [2.45, 2.75) is 38.8 Å². The summed E-state index contributed by atoms with van der Waals surface area (Å²) in [5.74, 6) is 1.05. The van der Waals surface area contributed by atoms with Crippen molar-refractivity contribution in [2.24, 2.45) is 0 Å². The highest BCUT2D eigenvalue weighted by Crippen LogP contribution is 2.22. The van der Waals surface area contributed by atoms with E-state index in [4.69, 9.17) is 4.74 Å². The molecule has 3 rings (SSSR count). The van der Waals surface area contributed by atoms with E-state index in [2.05, 4.69) is 46.8 Å². The van der Waals surface area contributed by atoms with Gasteiger partial charge in [-0.1, -0.05) is 13.0 Å². The summed E-state index contributed by atoms with van der Waals surface area (Å²) in [6, 6.07) is 13.1. The van der Waals surface area contributed by atoms with Crippen LogP contribution in [0.2, 0.25) is 0 Å². The maximum Gasteiger partial charge on any atom is 0.220 e. The summed E-state index contributed by atoms with van der Waals surface area (Å²) < 4.78 is 5.27. The smallest absolute Gasteiger partial charge is 0.220 e. The van der Waals surface area contributed by atoms with Gasteiger partial charge >= 0.3 is 0 Å². The van der Waals surface area contributed by atoms with Crippen molar-refractivity contribution in [2.75, 3.05) is 38.2 Å². The summed E-state index contributed by atoms with van der Waals surface area (Å²) in [6.07, 6.45) is 1.48. The van der Waals surface area contributed by atoms with E-state index in [0.717, 1.165) is 38.3 Å². The van der Waals surface area contributed by atoms with Gasteiger partial charge in [0.2, 0.25) is 5.91 Å². The van der Waals surface area contributed by atoms with Crippen molar-refractivity contribution in [1.29, 1.82) is 0 Å². The molecule has 1 saturated heterocycles. The molecule has 2 aromatic rings. The minimum atomic E-state index is 0.125. The molecule has 28 heavy (non-hydrogen) atoms. The number of carbonyl (C=O) groups is 1. The van der Waals surface area contributed by atoms with E-state index in [1.165, 1.54) is 10.6 Å². The lowest BCUT2D eigenvalue weighted by Gasteiger charge is -2.39. The van der Waals surface area contributed by atoms with Gasteiger partial charge in [0, 0.05) is 12.1 Å². The summed E-state index contributed by atoms with van der Waals surface area (Å²) in [7, 11) is 1.70.